The van der Waals surface area contributed by atoms with Gasteiger partial charge in [-0.1, -0.05) is 30.3 Å². The molecule has 0 spiro atoms. The average Bonchev–Trinajstić information content (AvgIpc) is 2.15. The second kappa shape index (κ2) is 3.89. The first-order valence-electron chi connectivity index (χ1n) is 4.44. The van der Waals surface area contributed by atoms with Gasteiger partial charge in [0.1, 0.15) is 0 Å². The second-order valence-electron chi connectivity index (χ2n) is 3.45. The summed E-state index contributed by atoms with van der Waals surface area (Å²) in [6.45, 7) is 4.16. The van der Waals surface area contributed by atoms with Gasteiger partial charge in [0.2, 0.25) is 0 Å². The molecule has 0 aliphatic heterocycles. The Morgan fingerprint density at radius 2 is 1.71 bits per heavy atom. The van der Waals surface area contributed by atoms with Crippen molar-refractivity contribution < 1.29 is 0 Å². The van der Waals surface area contributed by atoms with Crippen molar-refractivity contribution in [2.24, 2.45) is 0 Å². The lowest BCUT2D eigenvalue weighted by Crippen LogP contribution is -1.93. The molecule has 0 fully saturated rings. The quantitative estimate of drug-likeness (QED) is 0.658. The highest BCUT2D eigenvalue weighted by Crippen LogP contribution is 2.26. The molecule has 74 valence electrons. The molecule has 2 N–H and O–H groups in total. The number of aryl methyl sites for hydroxylation is 1. The first-order chi connectivity index (χ1) is 6.20. The predicted octanol–water partition coefficient (Wildman–Crippen LogP) is 3.46. The summed E-state index contributed by atoms with van der Waals surface area (Å²) in [5.41, 5.74) is 9.39. The van der Waals surface area contributed by atoms with Crippen LogP contribution in [0.3, 0.4) is 0 Å². The molecule has 0 heterocycles. The third-order valence-corrected chi connectivity index (χ3v) is 2.62. The van der Waals surface area contributed by atoms with E-state index in [1.165, 1.54) is 16.5 Å². The minimum absolute atomic E-state index is 0. The lowest BCUT2D eigenvalue weighted by atomic mass is 10.0. The number of benzene rings is 2. The molecular weight excluding hydrogens is 194 g/mol. The molecule has 2 heteroatoms. The van der Waals surface area contributed by atoms with Gasteiger partial charge in [0.25, 0.3) is 0 Å². The van der Waals surface area contributed by atoms with Gasteiger partial charge in [-0.2, -0.15) is 0 Å². The Bertz CT molecular complexity index is 463. The molecule has 0 saturated heterocycles. The van der Waals surface area contributed by atoms with Crippen LogP contribution in [-0.4, -0.2) is 0 Å². The standard InChI is InChI=1S/C12H13N.ClH/c1-8-7-10-5-3-4-6-11(10)12(13)9(8)2;/h3-7H,13H2,1-2H3;1H. The predicted molar refractivity (Wildman–Crippen MR) is 65.1 cm³/mol. The van der Waals surface area contributed by atoms with Crippen molar-refractivity contribution in [2.75, 3.05) is 5.73 Å². The summed E-state index contributed by atoms with van der Waals surface area (Å²) >= 11 is 0. The van der Waals surface area contributed by atoms with Gasteiger partial charge in [-0.15, -0.1) is 12.4 Å². The minimum Gasteiger partial charge on any atom is -0.398 e. The Hall–Kier alpha value is -1.21. The van der Waals surface area contributed by atoms with E-state index in [2.05, 4.69) is 32.0 Å². The SMILES string of the molecule is Cc1cc2ccccc2c(N)c1C.Cl. The van der Waals surface area contributed by atoms with Crippen LogP contribution in [0.1, 0.15) is 11.1 Å². The maximum atomic E-state index is 6.02. The lowest BCUT2D eigenvalue weighted by molar-refractivity contribution is 1.37. The fourth-order valence-corrected chi connectivity index (χ4v) is 1.62. The Labute approximate surface area is 90.3 Å². The summed E-state index contributed by atoms with van der Waals surface area (Å²) in [6.07, 6.45) is 0. The number of halogens is 1. The molecule has 14 heavy (non-hydrogen) atoms. The van der Waals surface area contributed by atoms with Gasteiger partial charge in [0.05, 0.1) is 0 Å². The lowest BCUT2D eigenvalue weighted by Gasteiger charge is -2.08. The fraction of sp³-hybridized carbons (Fsp3) is 0.167. The summed E-state index contributed by atoms with van der Waals surface area (Å²) in [6, 6.07) is 10.4. The summed E-state index contributed by atoms with van der Waals surface area (Å²) in [5.74, 6) is 0. The van der Waals surface area contributed by atoms with Crippen molar-refractivity contribution in [1.82, 2.24) is 0 Å². The molecular formula is C12H14ClN. The van der Waals surface area contributed by atoms with Crippen LogP contribution in [0.2, 0.25) is 0 Å². The smallest absolute Gasteiger partial charge is 0.0426 e. The van der Waals surface area contributed by atoms with Gasteiger partial charge in [-0.3, -0.25) is 0 Å². The van der Waals surface area contributed by atoms with Crippen LogP contribution >= 0.6 is 12.4 Å². The monoisotopic (exact) mass is 207 g/mol. The highest BCUT2D eigenvalue weighted by Gasteiger charge is 2.02. The van der Waals surface area contributed by atoms with Gasteiger partial charge < -0.3 is 5.73 Å². The highest BCUT2D eigenvalue weighted by molar-refractivity contribution is 5.95. The third-order valence-electron chi connectivity index (χ3n) is 2.62. The Balaban J connectivity index is 0.000000980. The third kappa shape index (κ3) is 1.55. The largest absolute Gasteiger partial charge is 0.398 e. The highest BCUT2D eigenvalue weighted by atomic mass is 35.5. The van der Waals surface area contributed by atoms with Gasteiger partial charge in [0.15, 0.2) is 0 Å². The molecule has 2 aromatic rings. The molecule has 0 radical (unpaired) electrons. The van der Waals surface area contributed by atoms with Crippen molar-refractivity contribution in [1.29, 1.82) is 0 Å². The topological polar surface area (TPSA) is 26.0 Å². The molecule has 0 aliphatic rings. The molecule has 0 unspecified atom stereocenters. The summed E-state index contributed by atoms with van der Waals surface area (Å²) in [7, 11) is 0. The van der Waals surface area contributed by atoms with E-state index in [-0.39, 0.29) is 12.4 Å². The zero-order valence-corrected chi connectivity index (χ0v) is 9.19. The number of nitrogen functional groups attached to an aromatic ring is 1. The number of fused-ring (bicyclic) bond motifs is 1. The summed E-state index contributed by atoms with van der Waals surface area (Å²) in [4.78, 5) is 0. The molecule has 0 aromatic heterocycles. The van der Waals surface area contributed by atoms with Crippen LogP contribution < -0.4 is 5.73 Å². The zero-order chi connectivity index (χ0) is 9.42. The van der Waals surface area contributed by atoms with E-state index >= 15 is 0 Å². The van der Waals surface area contributed by atoms with E-state index in [1.807, 2.05) is 12.1 Å². The normalized spacial score (nSPS) is 9.86. The average molecular weight is 208 g/mol. The van der Waals surface area contributed by atoms with E-state index in [9.17, 15) is 0 Å². The second-order valence-corrected chi connectivity index (χ2v) is 3.45. The van der Waals surface area contributed by atoms with E-state index < -0.39 is 0 Å². The van der Waals surface area contributed by atoms with Gasteiger partial charge in [-0.05, 0) is 30.4 Å². The molecule has 1 nitrogen and oxygen atoms in total. The molecule has 0 saturated carbocycles. The van der Waals surface area contributed by atoms with Crippen molar-refractivity contribution >= 4 is 28.9 Å². The van der Waals surface area contributed by atoms with Crippen LogP contribution in [0.25, 0.3) is 10.8 Å². The van der Waals surface area contributed by atoms with Crippen LogP contribution in [0.4, 0.5) is 5.69 Å². The molecule has 0 amide bonds. The molecule has 0 atom stereocenters. The maximum absolute atomic E-state index is 6.02. The number of hydrogen-bond donors (Lipinski definition) is 1. The molecule has 2 rings (SSSR count). The van der Waals surface area contributed by atoms with Gasteiger partial charge in [0, 0.05) is 11.1 Å². The van der Waals surface area contributed by atoms with Crippen molar-refractivity contribution in [3.63, 3.8) is 0 Å². The first-order valence-corrected chi connectivity index (χ1v) is 4.44. The Morgan fingerprint density at radius 1 is 1.07 bits per heavy atom. The maximum Gasteiger partial charge on any atom is 0.0426 e. The van der Waals surface area contributed by atoms with Gasteiger partial charge in [-0.25, -0.2) is 0 Å². The van der Waals surface area contributed by atoms with Crippen molar-refractivity contribution in [3.8, 4) is 0 Å². The summed E-state index contributed by atoms with van der Waals surface area (Å²) in [5, 5.41) is 2.38. The zero-order valence-electron chi connectivity index (χ0n) is 8.37. The fourth-order valence-electron chi connectivity index (χ4n) is 1.62. The number of hydrogen-bond acceptors (Lipinski definition) is 1. The molecule has 2 aromatic carbocycles. The van der Waals surface area contributed by atoms with Crippen LogP contribution in [0.15, 0.2) is 30.3 Å². The Morgan fingerprint density at radius 3 is 2.43 bits per heavy atom. The van der Waals surface area contributed by atoms with Crippen LogP contribution in [-0.2, 0) is 0 Å². The number of rotatable bonds is 0. The molecule has 0 aliphatic carbocycles. The van der Waals surface area contributed by atoms with Crippen molar-refractivity contribution in [2.45, 2.75) is 13.8 Å². The van der Waals surface area contributed by atoms with Crippen LogP contribution in [0, 0.1) is 13.8 Å². The first kappa shape index (κ1) is 10.9. The number of anilines is 1. The minimum atomic E-state index is 0. The van der Waals surface area contributed by atoms with E-state index in [1.54, 1.807) is 0 Å². The Kier molecular flexibility index (Phi) is 3.02. The van der Waals surface area contributed by atoms with E-state index in [0.29, 0.717) is 0 Å². The van der Waals surface area contributed by atoms with Crippen LogP contribution in [0.5, 0.6) is 0 Å². The van der Waals surface area contributed by atoms with E-state index in [0.717, 1.165) is 11.1 Å². The number of nitrogens with two attached hydrogens (primary N) is 1. The van der Waals surface area contributed by atoms with Gasteiger partial charge >= 0.3 is 0 Å². The summed E-state index contributed by atoms with van der Waals surface area (Å²) < 4.78 is 0. The van der Waals surface area contributed by atoms with Crippen molar-refractivity contribution in [3.05, 3.63) is 41.5 Å². The van der Waals surface area contributed by atoms with E-state index in [4.69, 9.17) is 5.73 Å². The molecule has 0 bridgehead atoms.